The molecule has 2 aliphatic rings. The Kier molecular flexibility index (Phi) is 7.33. The SMILES string of the molecule is COc1ccc(C(=O)CCC(=O)NCC2CNC(C(=O)N3CCSC3)C2)cc1. The first-order valence-corrected chi connectivity index (χ1v) is 10.8. The first-order valence-electron chi connectivity index (χ1n) is 9.60. The van der Waals surface area contributed by atoms with Gasteiger partial charge < -0.3 is 20.3 Å². The van der Waals surface area contributed by atoms with E-state index in [9.17, 15) is 14.4 Å². The standard InChI is InChI=1S/C20H27N3O4S/c1-27-16-4-2-15(3-5-16)18(24)6-7-19(25)22-12-14-10-17(21-11-14)20(26)23-8-9-28-13-23/h2-5,14,17,21H,6-13H2,1H3,(H,22,25). The molecule has 0 spiro atoms. The number of methoxy groups -OCH3 is 1. The van der Waals surface area contributed by atoms with E-state index in [2.05, 4.69) is 10.6 Å². The zero-order chi connectivity index (χ0) is 19.9. The molecule has 8 heteroatoms. The lowest BCUT2D eigenvalue weighted by Gasteiger charge is -2.19. The number of thioether (sulfide) groups is 1. The second-order valence-corrected chi connectivity index (χ2v) is 8.23. The molecule has 7 nitrogen and oxygen atoms in total. The monoisotopic (exact) mass is 405 g/mol. The van der Waals surface area contributed by atoms with Crippen LogP contribution in [0.2, 0.25) is 0 Å². The van der Waals surface area contributed by atoms with Crippen LogP contribution in [0.15, 0.2) is 24.3 Å². The first-order chi connectivity index (χ1) is 13.6. The molecule has 2 fully saturated rings. The summed E-state index contributed by atoms with van der Waals surface area (Å²) in [4.78, 5) is 38.6. The van der Waals surface area contributed by atoms with E-state index in [0.717, 1.165) is 31.1 Å². The molecule has 3 rings (SSSR count). The number of benzene rings is 1. The van der Waals surface area contributed by atoms with Crippen LogP contribution in [0.5, 0.6) is 5.75 Å². The highest BCUT2D eigenvalue weighted by Crippen LogP contribution is 2.20. The molecule has 2 N–H and O–H groups in total. The number of hydrogen-bond donors (Lipinski definition) is 2. The van der Waals surface area contributed by atoms with Gasteiger partial charge in [-0.15, -0.1) is 11.8 Å². The predicted molar refractivity (Wildman–Crippen MR) is 109 cm³/mol. The largest absolute Gasteiger partial charge is 0.497 e. The van der Waals surface area contributed by atoms with E-state index in [1.807, 2.05) is 4.90 Å². The Labute approximate surface area is 169 Å². The van der Waals surface area contributed by atoms with E-state index in [1.165, 1.54) is 0 Å². The van der Waals surface area contributed by atoms with Crippen LogP contribution >= 0.6 is 11.8 Å². The number of nitrogens with one attached hydrogen (secondary N) is 2. The lowest BCUT2D eigenvalue weighted by Crippen LogP contribution is -2.42. The third-order valence-electron chi connectivity index (χ3n) is 5.16. The van der Waals surface area contributed by atoms with Crippen LogP contribution in [-0.4, -0.2) is 66.9 Å². The highest BCUT2D eigenvalue weighted by Gasteiger charge is 2.33. The van der Waals surface area contributed by atoms with Crippen molar-refractivity contribution in [3.8, 4) is 5.75 Å². The molecule has 0 aromatic heterocycles. The fourth-order valence-electron chi connectivity index (χ4n) is 3.46. The van der Waals surface area contributed by atoms with Crippen molar-refractivity contribution in [1.29, 1.82) is 0 Å². The van der Waals surface area contributed by atoms with Gasteiger partial charge in [-0.05, 0) is 36.6 Å². The number of carbonyl (C=O) groups excluding carboxylic acids is 3. The smallest absolute Gasteiger partial charge is 0.240 e. The van der Waals surface area contributed by atoms with Crippen LogP contribution in [0.3, 0.4) is 0 Å². The van der Waals surface area contributed by atoms with Crippen LogP contribution in [0.1, 0.15) is 29.6 Å². The Morgan fingerprint density at radius 2 is 2.04 bits per heavy atom. The zero-order valence-electron chi connectivity index (χ0n) is 16.1. The van der Waals surface area contributed by atoms with Gasteiger partial charge in [0.15, 0.2) is 5.78 Å². The Bertz CT molecular complexity index is 704. The average Bonchev–Trinajstić information content (AvgIpc) is 3.42. The van der Waals surface area contributed by atoms with Crippen LogP contribution in [0, 0.1) is 5.92 Å². The molecule has 1 aromatic rings. The van der Waals surface area contributed by atoms with Gasteiger partial charge in [-0.1, -0.05) is 0 Å². The number of rotatable bonds is 8. The summed E-state index contributed by atoms with van der Waals surface area (Å²) in [7, 11) is 1.57. The molecule has 2 heterocycles. The van der Waals surface area contributed by atoms with Gasteiger partial charge in [-0.3, -0.25) is 14.4 Å². The summed E-state index contributed by atoms with van der Waals surface area (Å²) >= 11 is 1.78. The summed E-state index contributed by atoms with van der Waals surface area (Å²) in [5.41, 5.74) is 0.579. The van der Waals surface area contributed by atoms with Gasteiger partial charge in [0.2, 0.25) is 11.8 Å². The third-order valence-corrected chi connectivity index (χ3v) is 6.13. The second kappa shape index (κ2) is 9.93. The van der Waals surface area contributed by atoms with Crippen molar-refractivity contribution >= 4 is 29.4 Å². The third kappa shape index (κ3) is 5.48. The molecule has 2 unspecified atom stereocenters. The zero-order valence-corrected chi connectivity index (χ0v) is 16.9. The molecular weight excluding hydrogens is 378 g/mol. The molecule has 152 valence electrons. The molecular formula is C20H27N3O4S. The number of carbonyl (C=O) groups is 3. The lowest BCUT2D eigenvalue weighted by atomic mass is 10.0. The van der Waals surface area contributed by atoms with Crippen molar-refractivity contribution < 1.29 is 19.1 Å². The molecule has 2 saturated heterocycles. The molecule has 0 bridgehead atoms. The van der Waals surface area contributed by atoms with E-state index in [0.29, 0.717) is 17.9 Å². The molecule has 2 atom stereocenters. The minimum atomic E-state index is -0.141. The topological polar surface area (TPSA) is 87.7 Å². The van der Waals surface area contributed by atoms with E-state index in [4.69, 9.17) is 4.74 Å². The lowest BCUT2D eigenvalue weighted by molar-refractivity contribution is -0.131. The van der Waals surface area contributed by atoms with Crippen LogP contribution < -0.4 is 15.4 Å². The first kappa shape index (κ1) is 20.7. The Hall–Kier alpha value is -2.06. The van der Waals surface area contributed by atoms with E-state index < -0.39 is 0 Å². The van der Waals surface area contributed by atoms with Crippen molar-refractivity contribution in [2.24, 2.45) is 5.92 Å². The Balaban J connectivity index is 1.35. The van der Waals surface area contributed by atoms with Crippen molar-refractivity contribution in [2.75, 3.05) is 38.4 Å². The van der Waals surface area contributed by atoms with Crippen molar-refractivity contribution in [3.05, 3.63) is 29.8 Å². The van der Waals surface area contributed by atoms with E-state index >= 15 is 0 Å². The number of nitrogens with zero attached hydrogens (tertiary/aromatic N) is 1. The molecule has 0 radical (unpaired) electrons. The van der Waals surface area contributed by atoms with Crippen LogP contribution in [0.25, 0.3) is 0 Å². The Morgan fingerprint density at radius 1 is 1.25 bits per heavy atom. The number of ether oxygens (including phenoxy) is 1. The number of ketones is 1. The van der Waals surface area contributed by atoms with Gasteiger partial charge in [0.25, 0.3) is 0 Å². The second-order valence-electron chi connectivity index (χ2n) is 7.16. The van der Waals surface area contributed by atoms with Crippen LogP contribution in [-0.2, 0) is 9.59 Å². The molecule has 0 saturated carbocycles. The average molecular weight is 406 g/mol. The van der Waals surface area contributed by atoms with E-state index in [1.54, 1.807) is 43.1 Å². The molecule has 28 heavy (non-hydrogen) atoms. The summed E-state index contributed by atoms with van der Waals surface area (Å²) in [6, 6.07) is 6.74. The van der Waals surface area contributed by atoms with Crippen molar-refractivity contribution in [3.63, 3.8) is 0 Å². The molecule has 2 amide bonds. The summed E-state index contributed by atoms with van der Waals surface area (Å²) in [6.07, 6.45) is 1.08. The molecule has 1 aromatic carbocycles. The van der Waals surface area contributed by atoms with Gasteiger partial charge in [0, 0.05) is 43.8 Å². The summed E-state index contributed by atoms with van der Waals surface area (Å²) in [5, 5.41) is 6.17. The number of hydrogen-bond acceptors (Lipinski definition) is 6. The number of Topliss-reactive ketones (excluding diaryl/α,β-unsaturated/α-hetero) is 1. The minimum Gasteiger partial charge on any atom is -0.497 e. The maximum atomic E-state index is 12.4. The van der Waals surface area contributed by atoms with Gasteiger partial charge in [0.1, 0.15) is 5.75 Å². The van der Waals surface area contributed by atoms with Crippen LogP contribution in [0.4, 0.5) is 0 Å². The molecule has 0 aliphatic carbocycles. The highest BCUT2D eigenvalue weighted by molar-refractivity contribution is 7.99. The maximum absolute atomic E-state index is 12.4. The van der Waals surface area contributed by atoms with Gasteiger partial charge in [0.05, 0.1) is 19.0 Å². The molecule has 2 aliphatic heterocycles. The van der Waals surface area contributed by atoms with Gasteiger partial charge >= 0.3 is 0 Å². The van der Waals surface area contributed by atoms with Gasteiger partial charge in [-0.2, -0.15) is 0 Å². The van der Waals surface area contributed by atoms with Gasteiger partial charge in [-0.25, -0.2) is 0 Å². The maximum Gasteiger partial charge on any atom is 0.240 e. The summed E-state index contributed by atoms with van der Waals surface area (Å²) in [6.45, 7) is 2.08. The van der Waals surface area contributed by atoms with Crippen molar-refractivity contribution in [2.45, 2.75) is 25.3 Å². The fourth-order valence-corrected chi connectivity index (χ4v) is 4.41. The highest BCUT2D eigenvalue weighted by atomic mass is 32.2. The quantitative estimate of drug-likeness (QED) is 0.634. The fraction of sp³-hybridized carbons (Fsp3) is 0.550. The summed E-state index contributed by atoms with van der Waals surface area (Å²) in [5.74, 6) is 2.70. The predicted octanol–water partition coefficient (Wildman–Crippen LogP) is 1.29. The van der Waals surface area contributed by atoms with Crippen molar-refractivity contribution in [1.82, 2.24) is 15.5 Å². The minimum absolute atomic E-state index is 0.0607. The normalized spacial score (nSPS) is 21.5. The Morgan fingerprint density at radius 3 is 2.71 bits per heavy atom. The number of amides is 2. The summed E-state index contributed by atoms with van der Waals surface area (Å²) < 4.78 is 5.07. The van der Waals surface area contributed by atoms with E-state index in [-0.39, 0.29) is 42.4 Å².